The van der Waals surface area contributed by atoms with E-state index in [4.69, 9.17) is 5.11 Å². The Hall–Kier alpha value is -2.05. The Labute approximate surface area is 107 Å². The van der Waals surface area contributed by atoms with Crippen LogP contribution in [0, 0.1) is 0 Å². The van der Waals surface area contributed by atoms with Gasteiger partial charge in [-0.15, -0.1) is 0 Å². The average Bonchev–Trinajstić information content (AvgIpc) is 2.26. The van der Waals surface area contributed by atoms with Gasteiger partial charge in [0.1, 0.15) is 6.42 Å². The lowest BCUT2D eigenvalue weighted by Gasteiger charge is -2.18. The molecule has 0 saturated heterocycles. The lowest BCUT2D eigenvalue weighted by molar-refractivity contribution is -0.154. The highest BCUT2D eigenvalue weighted by molar-refractivity contribution is 5.78. The number of halogens is 3. The molecule has 7 heteroatoms. The van der Waals surface area contributed by atoms with Crippen molar-refractivity contribution in [1.82, 2.24) is 5.32 Å². The maximum absolute atomic E-state index is 12.0. The van der Waals surface area contributed by atoms with Crippen molar-refractivity contribution in [2.75, 3.05) is 0 Å². The van der Waals surface area contributed by atoms with E-state index in [1.165, 1.54) is 0 Å². The Bertz CT molecular complexity index is 445. The van der Waals surface area contributed by atoms with Crippen LogP contribution in [-0.4, -0.2) is 23.2 Å². The van der Waals surface area contributed by atoms with Crippen LogP contribution in [0.15, 0.2) is 30.3 Å². The van der Waals surface area contributed by atoms with E-state index in [0.29, 0.717) is 5.56 Å². The lowest BCUT2D eigenvalue weighted by atomic mass is 10.0. The maximum atomic E-state index is 12.0. The molecular formula is C12H12F3NO3. The first-order valence-electron chi connectivity index (χ1n) is 5.41. The van der Waals surface area contributed by atoms with Crippen molar-refractivity contribution >= 4 is 11.9 Å². The summed E-state index contributed by atoms with van der Waals surface area (Å²) >= 11 is 0. The SMILES string of the molecule is O=C(O)CC(NC(=O)CC(F)(F)F)c1ccccc1. The fourth-order valence-electron chi connectivity index (χ4n) is 1.54. The zero-order valence-electron chi connectivity index (χ0n) is 9.78. The fraction of sp³-hybridized carbons (Fsp3) is 0.333. The summed E-state index contributed by atoms with van der Waals surface area (Å²) in [6.07, 6.45) is -6.72. The molecular weight excluding hydrogens is 263 g/mol. The second kappa shape index (κ2) is 6.21. The maximum Gasteiger partial charge on any atom is 0.397 e. The number of rotatable bonds is 5. The predicted molar refractivity (Wildman–Crippen MR) is 60.3 cm³/mol. The van der Waals surface area contributed by atoms with E-state index in [0.717, 1.165) is 0 Å². The van der Waals surface area contributed by atoms with Crippen LogP contribution in [0.3, 0.4) is 0 Å². The molecule has 0 radical (unpaired) electrons. The summed E-state index contributed by atoms with van der Waals surface area (Å²) in [5.74, 6) is -2.45. The molecule has 0 aliphatic rings. The van der Waals surface area contributed by atoms with Crippen LogP contribution in [0.25, 0.3) is 0 Å². The first kappa shape index (κ1) is 15.0. The highest BCUT2D eigenvalue weighted by Crippen LogP contribution is 2.21. The van der Waals surface area contributed by atoms with Crippen molar-refractivity contribution in [3.63, 3.8) is 0 Å². The Kier molecular flexibility index (Phi) is 4.91. The van der Waals surface area contributed by atoms with Gasteiger partial charge in [0.2, 0.25) is 5.91 Å². The Balaban J connectivity index is 2.76. The van der Waals surface area contributed by atoms with Crippen LogP contribution >= 0.6 is 0 Å². The van der Waals surface area contributed by atoms with E-state index in [1.54, 1.807) is 30.3 Å². The number of benzene rings is 1. The van der Waals surface area contributed by atoms with Crippen LogP contribution in [0.4, 0.5) is 13.2 Å². The molecule has 1 atom stereocenters. The van der Waals surface area contributed by atoms with Crippen LogP contribution in [0.5, 0.6) is 0 Å². The molecule has 0 spiro atoms. The summed E-state index contributed by atoms with van der Waals surface area (Å²) in [5.41, 5.74) is 0.445. The van der Waals surface area contributed by atoms with Gasteiger partial charge in [0.25, 0.3) is 0 Å². The van der Waals surface area contributed by atoms with Crippen molar-refractivity contribution < 1.29 is 27.9 Å². The lowest BCUT2D eigenvalue weighted by Crippen LogP contribution is -2.33. The van der Waals surface area contributed by atoms with Crippen molar-refractivity contribution in [2.45, 2.75) is 25.1 Å². The minimum absolute atomic E-state index is 0.445. The zero-order valence-corrected chi connectivity index (χ0v) is 9.78. The number of alkyl halides is 3. The third-order valence-electron chi connectivity index (χ3n) is 2.28. The largest absolute Gasteiger partial charge is 0.481 e. The standard InChI is InChI=1S/C12H12F3NO3/c13-12(14,15)7-10(17)16-9(6-11(18)19)8-4-2-1-3-5-8/h1-5,9H,6-7H2,(H,16,17)(H,18,19). The molecule has 0 aliphatic heterocycles. The summed E-state index contributed by atoms with van der Waals surface area (Å²) in [7, 11) is 0. The summed E-state index contributed by atoms with van der Waals surface area (Å²) in [6, 6.07) is 7.01. The van der Waals surface area contributed by atoms with E-state index < -0.39 is 36.9 Å². The molecule has 0 fully saturated rings. The van der Waals surface area contributed by atoms with Crippen LogP contribution in [0.2, 0.25) is 0 Å². The number of nitrogens with one attached hydrogen (secondary N) is 1. The fourth-order valence-corrected chi connectivity index (χ4v) is 1.54. The number of carbonyl (C=O) groups is 2. The second-order valence-corrected chi connectivity index (χ2v) is 3.92. The van der Waals surface area contributed by atoms with E-state index in [9.17, 15) is 22.8 Å². The van der Waals surface area contributed by atoms with Crippen LogP contribution in [-0.2, 0) is 9.59 Å². The molecule has 0 saturated carbocycles. The second-order valence-electron chi connectivity index (χ2n) is 3.92. The summed E-state index contributed by atoms with van der Waals surface area (Å²) in [5, 5.41) is 10.8. The van der Waals surface area contributed by atoms with E-state index in [-0.39, 0.29) is 0 Å². The molecule has 0 bridgehead atoms. The highest BCUT2D eigenvalue weighted by atomic mass is 19.4. The molecule has 0 aromatic heterocycles. The van der Waals surface area contributed by atoms with Crippen molar-refractivity contribution in [2.24, 2.45) is 0 Å². The van der Waals surface area contributed by atoms with Crippen molar-refractivity contribution in [3.8, 4) is 0 Å². The van der Waals surface area contributed by atoms with Crippen molar-refractivity contribution in [3.05, 3.63) is 35.9 Å². The average molecular weight is 275 g/mol. The number of carbonyl (C=O) groups excluding carboxylic acids is 1. The smallest absolute Gasteiger partial charge is 0.397 e. The Morgan fingerprint density at radius 1 is 1.21 bits per heavy atom. The van der Waals surface area contributed by atoms with Gasteiger partial charge in [0.05, 0.1) is 12.5 Å². The first-order chi connectivity index (χ1) is 8.78. The molecule has 0 aliphatic carbocycles. The Morgan fingerprint density at radius 3 is 2.26 bits per heavy atom. The molecule has 1 amide bonds. The molecule has 19 heavy (non-hydrogen) atoms. The minimum atomic E-state index is -4.62. The van der Waals surface area contributed by atoms with Gasteiger partial charge in [-0.05, 0) is 5.56 Å². The third kappa shape index (κ3) is 5.89. The Morgan fingerprint density at radius 2 is 1.79 bits per heavy atom. The molecule has 1 unspecified atom stereocenters. The third-order valence-corrected chi connectivity index (χ3v) is 2.28. The molecule has 4 nitrogen and oxygen atoms in total. The highest BCUT2D eigenvalue weighted by Gasteiger charge is 2.32. The molecule has 104 valence electrons. The van der Waals surface area contributed by atoms with Gasteiger partial charge in [-0.2, -0.15) is 13.2 Å². The summed E-state index contributed by atoms with van der Waals surface area (Å²) in [4.78, 5) is 21.9. The van der Waals surface area contributed by atoms with Gasteiger partial charge in [0.15, 0.2) is 0 Å². The van der Waals surface area contributed by atoms with Crippen molar-refractivity contribution in [1.29, 1.82) is 0 Å². The van der Waals surface area contributed by atoms with Gasteiger partial charge >= 0.3 is 12.1 Å². The zero-order chi connectivity index (χ0) is 14.5. The number of carboxylic acids is 1. The number of amides is 1. The summed E-state index contributed by atoms with van der Waals surface area (Å²) < 4.78 is 36.1. The van der Waals surface area contributed by atoms with Gasteiger partial charge in [-0.3, -0.25) is 9.59 Å². The topological polar surface area (TPSA) is 66.4 Å². The van der Waals surface area contributed by atoms with E-state index in [1.807, 2.05) is 0 Å². The van der Waals surface area contributed by atoms with Gasteiger partial charge in [-0.25, -0.2) is 0 Å². The molecule has 1 rings (SSSR count). The molecule has 2 N–H and O–H groups in total. The summed E-state index contributed by atoms with van der Waals surface area (Å²) in [6.45, 7) is 0. The van der Waals surface area contributed by atoms with Gasteiger partial charge in [-0.1, -0.05) is 30.3 Å². The predicted octanol–water partition coefficient (Wildman–Crippen LogP) is 2.27. The quantitative estimate of drug-likeness (QED) is 0.866. The molecule has 0 heterocycles. The number of carboxylic acid groups (broad SMARTS) is 1. The van der Waals surface area contributed by atoms with E-state index >= 15 is 0 Å². The first-order valence-corrected chi connectivity index (χ1v) is 5.41. The number of hydrogen-bond acceptors (Lipinski definition) is 2. The van der Waals surface area contributed by atoms with Crippen LogP contribution < -0.4 is 5.32 Å². The number of aliphatic carboxylic acids is 1. The molecule has 1 aromatic carbocycles. The number of hydrogen-bond donors (Lipinski definition) is 2. The van der Waals surface area contributed by atoms with Gasteiger partial charge < -0.3 is 10.4 Å². The van der Waals surface area contributed by atoms with Gasteiger partial charge in [0, 0.05) is 0 Å². The monoisotopic (exact) mass is 275 g/mol. The van der Waals surface area contributed by atoms with Crippen LogP contribution in [0.1, 0.15) is 24.4 Å². The minimum Gasteiger partial charge on any atom is -0.481 e. The molecule has 1 aromatic rings. The normalized spacial score (nSPS) is 12.8. The van der Waals surface area contributed by atoms with E-state index in [2.05, 4.69) is 5.32 Å².